The molecular formula is C15H24N2O2S2. The van der Waals surface area contributed by atoms with E-state index >= 15 is 0 Å². The summed E-state index contributed by atoms with van der Waals surface area (Å²) in [6.07, 6.45) is 4.85. The van der Waals surface area contributed by atoms with Crippen LogP contribution in [0.15, 0.2) is 6.07 Å². The van der Waals surface area contributed by atoms with E-state index in [9.17, 15) is 4.79 Å². The summed E-state index contributed by atoms with van der Waals surface area (Å²) < 4.78 is 7.27. The maximum Gasteiger partial charge on any atom is 0.318 e. The lowest BCUT2D eigenvalue weighted by Gasteiger charge is -2.13. The zero-order chi connectivity index (χ0) is 15.8. The van der Waals surface area contributed by atoms with Gasteiger partial charge in [0.05, 0.1) is 5.69 Å². The van der Waals surface area contributed by atoms with Crippen molar-refractivity contribution in [2.75, 3.05) is 0 Å². The fourth-order valence-corrected chi connectivity index (χ4v) is 2.92. The van der Waals surface area contributed by atoms with Gasteiger partial charge in [0.1, 0.15) is 12.0 Å². The molecule has 1 atom stereocenters. The lowest BCUT2D eigenvalue weighted by atomic mass is 9.96. The molecular weight excluding hydrogens is 304 g/mol. The molecule has 0 bridgehead atoms. The first-order valence-corrected chi connectivity index (χ1v) is 8.57. The van der Waals surface area contributed by atoms with Gasteiger partial charge in [0.2, 0.25) is 4.32 Å². The normalized spacial score (nSPS) is 12.2. The zero-order valence-corrected chi connectivity index (χ0v) is 14.9. The van der Waals surface area contributed by atoms with Crippen LogP contribution in [0.1, 0.15) is 57.3 Å². The summed E-state index contributed by atoms with van der Waals surface area (Å²) in [4.78, 5) is 11.9. The lowest BCUT2D eigenvalue weighted by Crippen LogP contribution is -2.13. The Morgan fingerprint density at radius 1 is 1.48 bits per heavy atom. The fourth-order valence-electron chi connectivity index (χ4n) is 2.14. The van der Waals surface area contributed by atoms with Crippen LogP contribution in [0.2, 0.25) is 0 Å². The lowest BCUT2D eigenvalue weighted by molar-refractivity contribution is -0.134. The van der Waals surface area contributed by atoms with E-state index < -0.39 is 0 Å². The van der Waals surface area contributed by atoms with E-state index in [0.717, 1.165) is 49.1 Å². The van der Waals surface area contributed by atoms with Crippen LogP contribution < -0.4 is 0 Å². The van der Waals surface area contributed by atoms with Gasteiger partial charge in [-0.2, -0.15) is 5.10 Å². The molecule has 1 aromatic rings. The molecule has 4 nitrogen and oxygen atoms in total. The molecule has 1 unspecified atom stereocenters. The molecule has 21 heavy (non-hydrogen) atoms. The van der Waals surface area contributed by atoms with Gasteiger partial charge in [-0.15, -0.1) is 0 Å². The van der Waals surface area contributed by atoms with Gasteiger partial charge in [0.25, 0.3) is 0 Å². The van der Waals surface area contributed by atoms with E-state index in [1.54, 1.807) is 4.68 Å². The number of aromatic nitrogens is 2. The van der Waals surface area contributed by atoms with Crippen LogP contribution in [0.5, 0.6) is 0 Å². The number of carbonyl (C=O) groups excluding carboxylic acids is 1. The highest BCUT2D eigenvalue weighted by atomic mass is 32.2. The molecule has 0 aliphatic rings. The minimum atomic E-state index is -0.202. The van der Waals surface area contributed by atoms with Crippen LogP contribution >= 0.6 is 24.3 Å². The molecule has 0 spiro atoms. The van der Waals surface area contributed by atoms with E-state index in [1.165, 1.54) is 0 Å². The van der Waals surface area contributed by atoms with Crippen LogP contribution in [0, 0.1) is 19.8 Å². The molecule has 1 rings (SSSR count). The topological polar surface area (TPSA) is 44.1 Å². The van der Waals surface area contributed by atoms with Gasteiger partial charge >= 0.3 is 5.97 Å². The molecule has 1 aromatic heterocycles. The fraction of sp³-hybridized carbons (Fsp3) is 0.667. The van der Waals surface area contributed by atoms with Gasteiger partial charge in [0.15, 0.2) is 0 Å². The van der Waals surface area contributed by atoms with Crippen molar-refractivity contribution in [1.82, 2.24) is 9.78 Å². The number of hydrogen-bond donors (Lipinski definition) is 0. The molecule has 118 valence electrons. The second-order valence-electron chi connectivity index (χ2n) is 5.26. The summed E-state index contributed by atoms with van der Waals surface area (Å²) >= 11 is 6.16. The molecule has 0 aliphatic heterocycles. The molecule has 0 aromatic carbocycles. The van der Waals surface area contributed by atoms with Crippen molar-refractivity contribution in [3.8, 4) is 0 Å². The van der Waals surface area contributed by atoms with Crippen LogP contribution in [-0.4, -0.2) is 20.1 Å². The van der Waals surface area contributed by atoms with Crippen molar-refractivity contribution in [2.24, 2.45) is 5.92 Å². The van der Waals surface area contributed by atoms with Gasteiger partial charge in [0, 0.05) is 12.1 Å². The highest BCUT2D eigenvalue weighted by Crippen LogP contribution is 2.20. The molecule has 0 amide bonds. The Morgan fingerprint density at radius 2 is 2.19 bits per heavy atom. The van der Waals surface area contributed by atoms with Gasteiger partial charge in [-0.25, -0.2) is 4.68 Å². The smallest absolute Gasteiger partial charge is 0.318 e. The quantitative estimate of drug-likeness (QED) is 0.571. The van der Waals surface area contributed by atoms with Gasteiger partial charge in [-0.3, -0.25) is 4.79 Å². The second-order valence-corrected chi connectivity index (χ2v) is 6.63. The molecule has 0 saturated carbocycles. The molecule has 0 radical (unpaired) electrons. The Morgan fingerprint density at radius 3 is 2.71 bits per heavy atom. The minimum Gasteiger partial charge on any atom is -0.383 e. The number of hydrogen-bond acceptors (Lipinski definition) is 5. The summed E-state index contributed by atoms with van der Waals surface area (Å²) in [6.45, 7) is 8.10. The Bertz CT molecular complexity index is 486. The van der Waals surface area contributed by atoms with Crippen LogP contribution in [0.25, 0.3) is 0 Å². The van der Waals surface area contributed by atoms with Crippen molar-refractivity contribution < 1.29 is 8.98 Å². The molecule has 6 heteroatoms. The highest BCUT2D eigenvalue weighted by molar-refractivity contribution is 8.20. The van der Waals surface area contributed by atoms with Crippen molar-refractivity contribution in [3.05, 3.63) is 17.5 Å². The maximum atomic E-state index is 11.9. The SMILES string of the molecule is CCCCC(CC)CC(=O)OSC(=S)n1nc(C)cc1C. The van der Waals surface area contributed by atoms with Gasteiger partial charge in [-0.05, 0) is 44.5 Å². The monoisotopic (exact) mass is 328 g/mol. The Kier molecular flexibility index (Phi) is 7.96. The first kappa shape index (κ1) is 18.2. The largest absolute Gasteiger partial charge is 0.383 e. The minimum absolute atomic E-state index is 0.202. The summed E-state index contributed by atoms with van der Waals surface area (Å²) in [5.74, 6) is 0.201. The third-order valence-electron chi connectivity index (χ3n) is 3.39. The standard InChI is InChI=1S/C15H24N2O2S2/c1-5-7-8-13(6-2)10-14(18)19-21-15(20)17-12(4)9-11(3)16-17/h9,13H,5-8,10H2,1-4H3. The Hall–Kier alpha value is -0.880. The first-order chi connectivity index (χ1) is 9.97. The summed E-state index contributed by atoms with van der Waals surface area (Å²) in [7, 11) is 0. The van der Waals surface area contributed by atoms with E-state index in [-0.39, 0.29) is 5.97 Å². The predicted molar refractivity (Wildman–Crippen MR) is 91.3 cm³/mol. The summed E-state index contributed by atoms with van der Waals surface area (Å²) in [5, 5.41) is 4.27. The number of rotatable bonds is 6. The Balaban J connectivity index is 2.41. The van der Waals surface area contributed by atoms with Crippen molar-refractivity contribution in [1.29, 1.82) is 0 Å². The number of thiocarbonyl (C=S) groups is 1. The van der Waals surface area contributed by atoms with Crippen molar-refractivity contribution >= 4 is 34.6 Å². The first-order valence-electron chi connectivity index (χ1n) is 7.42. The Labute approximate surface area is 136 Å². The second kappa shape index (κ2) is 9.20. The number of carbonyl (C=O) groups is 1. The molecule has 0 aliphatic carbocycles. The maximum absolute atomic E-state index is 11.9. The molecule has 0 N–H and O–H groups in total. The zero-order valence-electron chi connectivity index (χ0n) is 13.2. The van der Waals surface area contributed by atoms with E-state index in [1.807, 2.05) is 19.9 Å². The molecule has 0 saturated heterocycles. The predicted octanol–water partition coefficient (Wildman–Crippen LogP) is 4.43. The highest BCUT2D eigenvalue weighted by Gasteiger charge is 2.15. The summed E-state index contributed by atoms with van der Waals surface area (Å²) in [6, 6.07) is 1.94. The van der Waals surface area contributed by atoms with Crippen molar-refractivity contribution in [3.63, 3.8) is 0 Å². The number of aryl methyl sites for hydroxylation is 2. The summed E-state index contributed by atoms with van der Waals surface area (Å²) in [5.41, 5.74) is 1.84. The van der Waals surface area contributed by atoms with Crippen LogP contribution in [-0.2, 0) is 8.98 Å². The van der Waals surface area contributed by atoms with Gasteiger partial charge < -0.3 is 4.18 Å². The van der Waals surface area contributed by atoms with E-state index in [4.69, 9.17) is 16.4 Å². The number of nitrogens with zero attached hydrogens (tertiary/aromatic N) is 2. The third kappa shape index (κ3) is 6.18. The molecule has 1 heterocycles. The van der Waals surface area contributed by atoms with Gasteiger partial charge in [-0.1, -0.05) is 33.1 Å². The van der Waals surface area contributed by atoms with Crippen LogP contribution in [0.4, 0.5) is 0 Å². The van der Waals surface area contributed by atoms with E-state index in [2.05, 4.69) is 18.9 Å². The molecule has 0 fully saturated rings. The van der Waals surface area contributed by atoms with E-state index in [0.29, 0.717) is 16.7 Å². The van der Waals surface area contributed by atoms with Crippen molar-refractivity contribution in [2.45, 2.75) is 59.8 Å². The average Bonchev–Trinajstić information content (AvgIpc) is 2.79. The third-order valence-corrected chi connectivity index (χ3v) is 4.35. The number of unbranched alkanes of at least 4 members (excludes halogenated alkanes) is 1. The van der Waals surface area contributed by atoms with Crippen LogP contribution in [0.3, 0.4) is 0 Å². The average molecular weight is 329 g/mol.